The first kappa shape index (κ1) is 17.1. The summed E-state index contributed by atoms with van der Waals surface area (Å²) in [7, 11) is 1.96. The minimum atomic E-state index is -0.170. The van der Waals surface area contributed by atoms with Gasteiger partial charge in [0, 0.05) is 51.5 Å². The molecule has 0 saturated carbocycles. The Morgan fingerprint density at radius 3 is 2.75 bits per heavy atom. The second-order valence-electron chi connectivity index (χ2n) is 6.78. The topological polar surface area (TPSA) is 62.6 Å². The molecule has 24 heavy (non-hydrogen) atoms. The van der Waals surface area contributed by atoms with Gasteiger partial charge in [-0.1, -0.05) is 0 Å². The lowest BCUT2D eigenvalue weighted by Gasteiger charge is -2.38. The molecule has 0 aromatic carbocycles. The molecule has 0 bridgehead atoms. The van der Waals surface area contributed by atoms with Gasteiger partial charge in [0.1, 0.15) is 0 Å². The molecule has 2 aliphatic heterocycles. The van der Waals surface area contributed by atoms with Gasteiger partial charge in [-0.3, -0.25) is 4.68 Å². The number of hydrogen-bond donors (Lipinski definition) is 1. The van der Waals surface area contributed by atoms with Crippen LogP contribution in [0.15, 0.2) is 12.4 Å². The number of anilines is 1. The van der Waals surface area contributed by atoms with Gasteiger partial charge in [-0.2, -0.15) is 5.10 Å². The van der Waals surface area contributed by atoms with Crippen molar-refractivity contribution in [1.82, 2.24) is 20.0 Å². The largest absolute Gasteiger partial charge is 0.450 e. The number of nitrogens with zero attached hydrogens (tertiary/aromatic N) is 4. The average molecular weight is 335 g/mol. The van der Waals surface area contributed by atoms with Crippen molar-refractivity contribution >= 4 is 11.8 Å². The summed E-state index contributed by atoms with van der Waals surface area (Å²) in [4.78, 5) is 16.0. The van der Waals surface area contributed by atoms with E-state index in [9.17, 15) is 4.79 Å². The first-order chi connectivity index (χ1) is 11.7. The Morgan fingerprint density at radius 1 is 1.29 bits per heavy atom. The lowest BCUT2D eigenvalue weighted by atomic mass is 10.00. The second-order valence-corrected chi connectivity index (χ2v) is 6.78. The summed E-state index contributed by atoms with van der Waals surface area (Å²) in [6.07, 6.45) is 8.28. The number of piperidine rings is 2. The first-order valence-electron chi connectivity index (χ1n) is 9.07. The van der Waals surface area contributed by atoms with Crippen LogP contribution >= 0.6 is 0 Å². The van der Waals surface area contributed by atoms with Crippen molar-refractivity contribution in [1.29, 1.82) is 0 Å². The van der Waals surface area contributed by atoms with Gasteiger partial charge in [-0.25, -0.2) is 4.79 Å². The van der Waals surface area contributed by atoms with Crippen LogP contribution in [0.2, 0.25) is 0 Å². The molecule has 0 spiro atoms. The monoisotopic (exact) mass is 335 g/mol. The fourth-order valence-electron chi connectivity index (χ4n) is 3.70. The molecule has 2 fully saturated rings. The molecule has 1 atom stereocenters. The van der Waals surface area contributed by atoms with Gasteiger partial charge in [0.2, 0.25) is 0 Å². The third-order valence-corrected chi connectivity index (χ3v) is 4.97. The number of aromatic nitrogens is 2. The van der Waals surface area contributed by atoms with Crippen molar-refractivity contribution in [2.75, 3.05) is 37.7 Å². The van der Waals surface area contributed by atoms with Gasteiger partial charge in [-0.15, -0.1) is 0 Å². The number of aryl methyl sites for hydroxylation is 1. The van der Waals surface area contributed by atoms with Gasteiger partial charge in [0.25, 0.3) is 0 Å². The van der Waals surface area contributed by atoms with E-state index >= 15 is 0 Å². The maximum Gasteiger partial charge on any atom is 0.409 e. The lowest BCUT2D eigenvalue weighted by molar-refractivity contribution is 0.0939. The molecule has 7 nitrogen and oxygen atoms in total. The van der Waals surface area contributed by atoms with Crippen LogP contribution in [-0.4, -0.2) is 65.6 Å². The predicted molar refractivity (Wildman–Crippen MR) is 93.2 cm³/mol. The molecule has 0 unspecified atom stereocenters. The maximum atomic E-state index is 11.8. The van der Waals surface area contributed by atoms with Gasteiger partial charge in [0.15, 0.2) is 0 Å². The Labute approximate surface area is 143 Å². The van der Waals surface area contributed by atoms with Crippen LogP contribution in [0, 0.1) is 0 Å². The quantitative estimate of drug-likeness (QED) is 0.905. The van der Waals surface area contributed by atoms with Crippen LogP contribution in [0.25, 0.3) is 0 Å². The van der Waals surface area contributed by atoms with Gasteiger partial charge in [-0.05, 0) is 32.6 Å². The van der Waals surface area contributed by atoms with Crippen LogP contribution < -0.4 is 10.2 Å². The van der Waals surface area contributed by atoms with Crippen molar-refractivity contribution < 1.29 is 9.53 Å². The molecular formula is C17H29N5O2. The van der Waals surface area contributed by atoms with E-state index < -0.39 is 0 Å². The van der Waals surface area contributed by atoms with Crippen LogP contribution in [-0.2, 0) is 11.8 Å². The van der Waals surface area contributed by atoms with Crippen molar-refractivity contribution in [3.63, 3.8) is 0 Å². The van der Waals surface area contributed by atoms with Gasteiger partial charge >= 0.3 is 6.09 Å². The molecule has 0 aliphatic carbocycles. The summed E-state index contributed by atoms with van der Waals surface area (Å²) in [6, 6.07) is 1.01. The summed E-state index contributed by atoms with van der Waals surface area (Å²) in [5.41, 5.74) is 1.21. The van der Waals surface area contributed by atoms with E-state index in [0.717, 1.165) is 39.0 Å². The SMILES string of the molecule is CCOC(=O)N1CCC(N[C@H]2CCCN(c3cnn(C)c3)C2)CC1. The smallest absolute Gasteiger partial charge is 0.409 e. The Kier molecular flexibility index (Phi) is 5.60. The number of likely N-dealkylation sites (tertiary alicyclic amines) is 1. The summed E-state index contributed by atoms with van der Waals surface area (Å²) >= 11 is 0. The number of nitrogens with one attached hydrogen (secondary N) is 1. The Hall–Kier alpha value is -1.76. The molecular weight excluding hydrogens is 306 g/mol. The van der Waals surface area contributed by atoms with E-state index in [1.54, 1.807) is 0 Å². The highest BCUT2D eigenvalue weighted by Crippen LogP contribution is 2.20. The minimum Gasteiger partial charge on any atom is -0.450 e. The normalized spacial score (nSPS) is 22.7. The second kappa shape index (κ2) is 7.88. The zero-order valence-corrected chi connectivity index (χ0v) is 14.8. The fourth-order valence-corrected chi connectivity index (χ4v) is 3.70. The molecule has 2 saturated heterocycles. The standard InChI is InChI=1S/C17H29N5O2/c1-3-24-17(23)21-9-6-14(7-10-21)19-15-5-4-8-22(12-15)16-11-18-20(2)13-16/h11,13-15,19H,3-10,12H2,1-2H3/t15-/m0/s1. The Morgan fingerprint density at radius 2 is 2.08 bits per heavy atom. The van der Waals surface area contributed by atoms with Gasteiger partial charge < -0.3 is 19.9 Å². The van der Waals surface area contributed by atoms with Crippen molar-refractivity contribution in [3.8, 4) is 0 Å². The maximum absolute atomic E-state index is 11.8. The average Bonchev–Trinajstić information content (AvgIpc) is 3.03. The highest BCUT2D eigenvalue weighted by Gasteiger charge is 2.27. The molecule has 1 amide bonds. The lowest BCUT2D eigenvalue weighted by Crippen LogP contribution is -2.52. The molecule has 7 heteroatoms. The molecule has 3 heterocycles. The highest BCUT2D eigenvalue weighted by molar-refractivity contribution is 5.67. The summed E-state index contributed by atoms with van der Waals surface area (Å²) in [5.74, 6) is 0. The van der Waals surface area contributed by atoms with Crippen molar-refractivity contribution in [2.24, 2.45) is 7.05 Å². The summed E-state index contributed by atoms with van der Waals surface area (Å²) < 4.78 is 6.94. The summed E-state index contributed by atoms with van der Waals surface area (Å²) in [5, 5.41) is 8.09. The van der Waals surface area contributed by atoms with E-state index in [1.165, 1.54) is 18.5 Å². The zero-order chi connectivity index (χ0) is 16.9. The molecule has 2 aliphatic rings. The van der Waals surface area contributed by atoms with E-state index in [0.29, 0.717) is 18.7 Å². The highest BCUT2D eigenvalue weighted by atomic mass is 16.6. The van der Waals surface area contributed by atoms with E-state index in [4.69, 9.17) is 4.74 Å². The fraction of sp³-hybridized carbons (Fsp3) is 0.765. The predicted octanol–water partition coefficient (Wildman–Crippen LogP) is 1.60. The van der Waals surface area contributed by atoms with Crippen LogP contribution in [0.4, 0.5) is 10.5 Å². The number of carbonyl (C=O) groups excluding carboxylic acids is 1. The van der Waals surface area contributed by atoms with Crippen LogP contribution in [0.3, 0.4) is 0 Å². The Bertz CT molecular complexity index is 539. The Balaban J connectivity index is 1.46. The zero-order valence-electron chi connectivity index (χ0n) is 14.8. The first-order valence-corrected chi connectivity index (χ1v) is 9.07. The molecule has 0 radical (unpaired) electrons. The van der Waals surface area contributed by atoms with Gasteiger partial charge in [0.05, 0.1) is 18.5 Å². The van der Waals surface area contributed by atoms with Crippen LogP contribution in [0.1, 0.15) is 32.6 Å². The molecule has 1 aromatic rings. The third-order valence-electron chi connectivity index (χ3n) is 4.97. The molecule has 134 valence electrons. The van der Waals surface area contributed by atoms with Crippen molar-refractivity contribution in [2.45, 2.75) is 44.7 Å². The van der Waals surface area contributed by atoms with E-state index in [1.807, 2.05) is 29.7 Å². The number of amides is 1. The number of rotatable bonds is 4. The molecule has 1 aromatic heterocycles. The molecule has 1 N–H and O–H groups in total. The van der Waals surface area contributed by atoms with Crippen molar-refractivity contribution in [3.05, 3.63) is 12.4 Å². The van der Waals surface area contributed by atoms with Crippen LogP contribution in [0.5, 0.6) is 0 Å². The number of hydrogen-bond acceptors (Lipinski definition) is 5. The molecule has 3 rings (SSSR count). The minimum absolute atomic E-state index is 0.170. The van der Waals surface area contributed by atoms with E-state index in [-0.39, 0.29) is 6.09 Å². The summed E-state index contributed by atoms with van der Waals surface area (Å²) in [6.45, 7) is 6.01. The third kappa shape index (κ3) is 4.20. The number of carbonyl (C=O) groups is 1. The van der Waals surface area contributed by atoms with E-state index in [2.05, 4.69) is 21.5 Å². The number of ether oxygens (including phenoxy) is 1.